The number of carbonyl (C=O) groups is 1. The third kappa shape index (κ3) is 3.33. The lowest BCUT2D eigenvalue weighted by molar-refractivity contribution is -0.111. The molecule has 2 N–H and O–H groups in total. The topological polar surface area (TPSA) is 43.1 Å². The SMILES string of the molecule is N[C@@H](Cc1ccc(CCl)cc1)C(=O)S. The first-order valence-corrected chi connectivity index (χ1v) is 5.24. The van der Waals surface area contributed by atoms with E-state index in [1.807, 2.05) is 24.3 Å². The van der Waals surface area contributed by atoms with E-state index in [2.05, 4.69) is 12.6 Å². The molecule has 0 unspecified atom stereocenters. The smallest absolute Gasteiger partial charge is 0.202 e. The van der Waals surface area contributed by atoms with Crippen LogP contribution in [-0.4, -0.2) is 11.2 Å². The third-order valence-electron chi connectivity index (χ3n) is 1.95. The Morgan fingerprint density at radius 1 is 1.36 bits per heavy atom. The van der Waals surface area contributed by atoms with Gasteiger partial charge in [0.2, 0.25) is 5.12 Å². The summed E-state index contributed by atoms with van der Waals surface area (Å²) in [6, 6.07) is 7.18. The second-order valence-corrected chi connectivity index (χ2v) is 3.81. The molecule has 0 bridgehead atoms. The van der Waals surface area contributed by atoms with Gasteiger partial charge >= 0.3 is 0 Å². The molecule has 1 rings (SSSR count). The van der Waals surface area contributed by atoms with E-state index >= 15 is 0 Å². The number of hydrogen-bond acceptors (Lipinski definition) is 2. The van der Waals surface area contributed by atoms with Crippen LogP contribution in [0.4, 0.5) is 0 Å². The maximum absolute atomic E-state index is 10.8. The van der Waals surface area contributed by atoms with Gasteiger partial charge in [0.25, 0.3) is 0 Å². The number of halogens is 1. The van der Waals surface area contributed by atoms with Gasteiger partial charge in [0, 0.05) is 5.88 Å². The van der Waals surface area contributed by atoms with Gasteiger partial charge in [-0.1, -0.05) is 24.3 Å². The molecule has 0 aromatic heterocycles. The van der Waals surface area contributed by atoms with Crippen molar-refractivity contribution in [1.82, 2.24) is 0 Å². The highest BCUT2D eigenvalue weighted by atomic mass is 35.5. The molecule has 0 radical (unpaired) electrons. The Balaban J connectivity index is 2.64. The summed E-state index contributed by atoms with van der Waals surface area (Å²) >= 11 is 9.32. The summed E-state index contributed by atoms with van der Waals surface area (Å²) in [7, 11) is 0. The van der Waals surface area contributed by atoms with Crippen molar-refractivity contribution in [3.63, 3.8) is 0 Å². The number of rotatable bonds is 4. The Labute approximate surface area is 93.9 Å². The summed E-state index contributed by atoms with van der Waals surface area (Å²) in [6.07, 6.45) is 0.519. The van der Waals surface area contributed by atoms with Crippen molar-refractivity contribution in [1.29, 1.82) is 0 Å². The molecule has 14 heavy (non-hydrogen) atoms. The Bertz CT molecular complexity index is 312. The molecule has 0 amide bonds. The summed E-state index contributed by atoms with van der Waals surface area (Å²) in [4.78, 5) is 10.8. The Morgan fingerprint density at radius 3 is 2.29 bits per heavy atom. The van der Waals surface area contributed by atoms with Gasteiger partial charge < -0.3 is 5.73 Å². The van der Waals surface area contributed by atoms with Crippen molar-refractivity contribution in [2.24, 2.45) is 5.73 Å². The van der Waals surface area contributed by atoms with Crippen LogP contribution in [0, 0.1) is 0 Å². The molecule has 2 nitrogen and oxygen atoms in total. The number of benzene rings is 1. The van der Waals surface area contributed by atoms with Gasteiger partial charge in [-0.15, -0.1) is 24.2 Å². The molecule has 0 heterocycles. The minimum atomic E-state index is -0.528. The van der Waals surface area contributed by atoms with E-state index in [0.29, 0.717) is 12.3 Å². The third-order valence-corrected chi connectivity index (χ3v) is 2.59. The maximum Gasteiger partial charge on any atom is 0.202 e. The lowest BCUT2D eigenvalue weighted by atomic mass is 10.1. The molecule has 0 aliphatic rings. The molecule has 0 saturated heterocycles. The number of thiol groups is 1. The van der Waals surface area contributed by atoms with Crippen molar-refractivity contribution in [3.8, 4) is 0 Å². The average Bonchev–Trinajstić information content (AvgIpc) is 2.19. The monoisotopic (exact) mass is 229 g/mol. The molecule has 1 atom stereocenters. The van der Waals surface area contributed by atoms with Gasteiger partial charge in [-0.2, -0.15) is 0 Å². The van der Waals surface area contributed by atoms with Crippen LogP contribution in [0.15, 0.2) is 24.3 Å². The number of carbonyl (C=O) groups excluding carboxylic acids is 1. The Kier molecular flexibility index (Phi) is 4.45. The van der Waals surface area contributed by atoms with Crippen LogP contribution >= 0.6 is 24.2 Å². The van der Waals surface area contributed by atoms with E-state index < -0.39 is 6.04 Å². The van der Waals surface area contributed by atoms with Crippen LogP contribution in [0.3, 0.4) is 0 Å². The molecule has 0 fully saturated rings. The maximum atomic E-state index is 10.8. The normalized spacial score (nSPS) is 12.5. The molecule has 1 aromatic rings. The average molecular weight is 230 g/mol. The fraction of sp³-hybridized carbons (Fsp3) is 0.300. The molecular weight excluding hydrogens is 218 g/mol. The second-order valence-electron chi connectivity index (χ2n) is 3.10. The molecule has 0 saturated carbocycles. The van der Waals surface area contributed by atoms with E-state index in [4.69, 9.17) is 17.3 Å². The first-order valence-electron chi connectivity index (χ1n) is 4.25. The molecule has 4 heteroatoms. The van der Waals surface area contributed by atoms with Crippen LogP contribution < -0.4 is 5.73 Å². The number of hydrogen-bond donors (Lipinski definition) is 2. The van der Waals surface area contributed by atoms with Crippen molar-refractivity contribution in [2.45, 2.75) is 18.3 Å². The number of alkyl halides is 1. The van der Waals surface area contributed by atoms with Gasteiger partial charge in [-0.3, -0.25) is 4.79 Å². The van der Waals surface area contributed by atoms with E-state index in [0.717, 1.165) is 11.1 Å². The molecule has 0 aliphatic carbocycles. The van der Waals surface area contributed by atoms with Gasteiger partial charge in [-0.25, -0.2) is 0 Å². The van der Waals surface area contributed by atoms with Crippen LogP contribution in [0.5, 0.6) is 0 Å². The fourth-order valence-corrected chi connectivity index (χ4v) is 1.38. The predicted molar refractivity (Wildman–Crippen MR) is 61.7 cm³/mol. The van der Waals surface area contributed by atoms with Crippen LogP contribution in [0.1, 0.15) is 11.1 Å². The first-order chi connectivity index (χ1) is 6.63. The van der Waals surface area contributed by atoms with Crippen LogP contribution in [0.2, 0.25) is 0 Å². The largest absolute Gasteiger partial charge is 0.320 e. The minimum Gasteiger partial charge on any atom is -0.320 e. The van der Waals surface area contributed by atoms with Gasteiger partial charge in [0.15, 0.2) is 0 Å². The van der Waals surface area contributed by atoms with E-state index in [1.165, 1.54) is 0 Å². The fourth-order valence-electron chi connectivity index (χ4n) is 1.11. The van der Waals surface area contributed by atoms with Crippen molar-refractivity contribution < 1.29 is 4.79 Å². The highest BCUT2D eigenvalue weighted by molar-refractivity contribution is 7.96. The summed E-state index contributed by atoms with van der Waals surface area (Å²) in [5.74, 6) is 0.498. The molecule has 0 spiro atoms. The highest BCUT2D eigenvalue weighted by Gasteiger charge is 2.09. The lowest BCUT2D eigenvalue weighted by Crippen LogP contribution is -2.29. The molecule has 1 aromatic carbocycles. The zero-order valence-electron chi connectivity index (χ0n) is 7.61. The Morgan fingerprint density at radius 2 is 1.86 bits per heavy atom. The van der Waals surface area contributed by atoms with E-state index in [1.54, 1.807) is 0 Å². The van der Waals surface area contributed by atoms with Gasteiger partial charge in [0.1, 0.15) is 0 Å². The minimum absolute atomic E-state index is 0.286. The predicted octanol–water partition coefficient (Wildman–Crippen LogP) is 1.75. The van der Waals surface area contributed by atoms with Gasteiger partial charge in [0.05, 0.1) is 6.04 Å². The molecule has 76 valence electrons. The van der Waals surface area contributed by atoms with Crippen molar-refractivity contribution in [2.75, 3.05) is 0 Å². The van der Waals surface area contributed by atoms with Gasteiger partial charge in [-0.05, 0) is 17.5 Å². The highest BCUT2D eigenvalue weighted by Crippen LogP contribution is 2.09. The zero-order chi connectivity index (χ0) is 10.6. The standard InChI is InChI=1S/C10H12ClNOS/c11-6-8-3-1-7(2-4-8)5-9(12)10(13)14/h1-4,9H,5-6,12H2,(H,13,14)/t9-/m0/s1. The molecule has 0 aliphatic heterocycles. The van der Waals surface area contributed by atoms with E-state index in [-0.39, 0.29) is 5.12 Å². The summed E-state index contributed by atoms with van der Waals surface area (Å²) in [5.41, 5.74) is 7.65. The Hall–Kier alpha value is -0.510. The second kappa shape index (κ2) is 5.39. The van der Waals surface area contributed by atoms with E-state index in [9.17, 15) is 4.79 Å². The van der Waals surface area contributed by atoms with Crippen molar-refractivity contribution in [3.05, 3.63) is 35.4 Å². The van der Waals surface area contributed by atoms with Crippen LogP contribution in [0.25, 0.3) is 0 Å². The summed E-state index contributed by atoms with van der Waals surface area (Å²) < 4.78 is 0. The lowest BCUT2D eigenvalue weighted by Gasteiger charge is -2.07. The number of nitrogens with two attached hydrogens (primary N) is 1. The summed E-state index contributed by atoms with van der Waals surface area (Å²) in [6.45, 7) is 0. The molecular formula is C10H12ClNOS. The zero-order valence-corrected chi connectivity index (χ0v) is 9.26. The van der Waals surface area contributed by atoms with Crippen molar-refractivity contribution >= 4 is 29.3 Å². The first kappa shape index (κ1) is 11.6. The quantitative estimate of drug-likeness (QED) is 0.610. The summed E-state index contributed by atoms with van der Waals surface area (Å²) in [5, 5.41) is -0.286. The van der Waals surface area contributed by atoms with Crippen LogP contribution in [-0.2, 0) is 17.1 Å².